The van der Waals surface area contributed by atoms with E-state index in [1.165, 1.54) is 5.56 Å². The van der Waals surface area contributed by atoms with E-state index in [-0.39, 0.29) is 0 Å². The zero-order valence-electron chi connectivity index (χ0n) is 11.2. The Morgan fingerprint density at radius 2 is 2.28 bits per heavy atom. The second-order valence-corrected chi connectivity index (χ2v) is 5.31. The highest BCUT2D eigenvalue weighted by Crippen LogP contribution is 2.27. The minimum Gasteiger partial charge on any atom is -0.394 e. The molecule has 0 aromatic carbocycles. The van der Waals surface area contributed by atoms with Crippen molar-refractivity contribution in [2.75, 3.05) is 17.7 Å². The van der Waals surface area contributed by atoms with Crippen molar-refractivity contribution in [2.45, 2.75) is 33.4 Å². The summed E-state index contributed by atoms with van der Waals surface area (Å²) in [5.41, 5.74) is 9.16. The normalized spacial score (nSPS) is 10.8. The number of nitrogens with zero attached hydrogens (tertiary/aromatic N) is 3. The summed E-state index contributed by atoms with van der Waals surface area (Å²) in [4.78, 5) is 2.17. The van der Waals surface area contributed by atoms with Crippen LogP contribution in [0.4, 0.5) is 11.5 Å². The van der Waals surface area contributed by atoms with E-state index in [2.05, 4.69) is 40.8 Å². The van der Waals surface area contributed by atoms with E-state index in [4.69, 9.17) is 5.73 Å². The average molecular weight is 264 g/mol. The summed E-state index contributed by atoms with van der Waals surface area (Å²) < 4.78 is 2.01. The van der Waals surface area contributed by atoms with E-state index in [0.29, 0.717) is 0 Å². The molecule has 0 atom stereocenters. The second kappa shape index (κ2) is 5.44. The molecule has 98 valence electrons. The van der Waals surface area contributed by atoms with Crippen molar-refractivity contribution in [1.29, 1.82) is 0 Å². The largest absolute Gasteiger partial charge is 0.394 e. The summed E-state index contributed by atoms with van der Waals surface area (Å²) in [5, 5.41) is 8.77. The van der Waals surface area contributed by atoms with E-state index < -0.39 is 0 Å². The maximum Gasteiger partial charge on any atom is 0.150 e. The van der Waals surface area contributed by atoms with Gasteiger partial charge in [0.25, 0.3) is 0 Å². The Labute approximate surface area is 112 Å². The van der Waals surface area contributed by atoms with Crippen LogP contribution in [0, 0.1) is 6.92 Å². The number of nitrogens with two attached hydrogens (primary N) is 1. The molecule has 0 unspecified atom stereocenters. The first kappa shape index (κ1) is 13.0. The molecule has 0 bridgehead atoms. The zero-order chi connectivity index (χ0) is 13.1. The number of aryl methyl sites for hydroxylation is 2. The van der Waals surface area contributed by atoms with Gasteiger partial charge in [-0.1, -0.05) is 6.92 Å². The first-order chi connectivity index (χ1) is 8.63. The summed E-state index contributed by atoms with van der Waals surface area (Å²) >= 11 is 1.72. The quantitative estimate of drug-likeness (QED) is 0.903. The monoisotopic (exact) mass is 264 g/mol. The van der Waals surface area contributed by atoms with Gasteiger partial charge in [-0.2, -0.15) is 16.4 Å². The molecule has 2 N–H and O–H groups in total. The Kier molecular flexibility index (Phi) is 3.91. The summed E-state index contributed by atoms with van der Waals surface area (Å²) in [5.74, 6) is 1.03. The third kappa shape index (κ3) is 2.51. The average Bonchev–Trinajstić information content (AvgIpc) is 2.90. The molecule has 0 fully saturated rings. The van der Waals surface area contributed by atoms with E-state index >= 15 is 0 Å². The van der Waals surface area contributed by atoms with Gasteiger partial charge in [0.05, 0.1) is 11.4 Å². The van der Waals surface area contributed by atoms with Crippen LogP contribution in [0.2, 0.25) is 0 Å². The molecule has 0 saturated heterocycles. The van der Waals surface area contributed by atoms with E-state index in [0.717, 1.165) is 36.7 Å². The SMILES string of the molecule is CCCn1nc(C)c(N)c1N(C)Cc1ccsc1. The van der Waals surface area contributed by atoms with Crippen molar-refractivity contribution in [3.05, 3.63) is 28.1 Å². The van der Waals surface area contributed by atoms with Gasteiger partial charge >= 0.3 is 0 Å². The van der Waals surface area contributed by atoms with Gasteiger partial charge in [0.2, 0.25) is 0 Å². The fraction of sp³-hybridized carbons (Fsp3) is 0.462. The lowest BCUT2D eigenvalue weighted by atomic mass is 10.3. The number of nitrogen functional groups attached to an aromatic ring is 1. The number of aromatic nitrogens is 2. The van der Waals surface area contributed by atoms with Gasteiger partial charge in [0.15, 0.2) is 5.82 Å². The number of hydrogen-bond donors (Lipinski definition) is 1. The van der Waals surface area contributed by atoms with E-state index in [1.807, 2.05) is 11.6 Å². The van der Waals surface area contributed by atoms with Crippen LogP contribution in [0.3, 0.4) is 0 Å². The summed E-state index contributed by atoms with van der Waals surface area (Å²) in [6.45, 7) is 5.88. The fourth-order valence-electron chi connectivity index (χ4n) is 2.08. The molecular weight excluding hydrogens is 244 g/mol. The van der Waals surface area contributed by atoms with Crippen LogP contribution >= 0.6 is 11.3 Å². The summed E-state index contributed by atoms with van der Waals surface area (Å²) in [6, 6.07) is 2.14. The van der Waals surface area contributed by atoms with Gasteiger partial charge in [0.1, 0.15) is 0 Å². The molecule has 2 aromatic heterocycles. The first-order valence-corrected chi connectivity index (χ1v) is 7.12. The van der Waals surface area contributed by atoms with Gasteiger partial charge < -0.3 is 10.6 Å². The standard InChI is InChI=1S/C13H20N4S/c1-4-6-17-13(12(14)10(2)15-17)16(3)8-11-5-7-18-9-11/h5,7,9H,4,6,8,14H2,1-3H3. The molecular formula is C13H20N4S. The molecule has 18 heavy (non-hydrogen) atoms. The Balaban J connectivity index is 2.25. The van der Waals surface area contributed by atoms with Crippen LogP contribution in [0.15, 0.2) is 16.8 Å². The zero-order valence-corrected chi connectivity index (χ0v) is 12.0. The molecule has 0 radical (unpaired) electrons. The van der Waals surface area contributed by atoms with Crippen LogP contribution in [0.25, 0.3) is 0 Å². The second-order valence-electron chi connectivity index (χ2n) is 4.53. The highest BCUT2D eigenvalue weighted by molar-refractivity contribution is 7.07. The van der Waals surface area contributed by atoms with Crippen LogP contribution in [0.1, 0.15) is 24.6 Å². The topological polar surface area (TPSA) is 47.1 Å². The number of thiophene rings is 1. The minimum absolute atomic E-state index is 0.793. The predicted octanol–water partition coefficient (Wildman–Crippen LogP) is 2.88. The van der Waals surface area contributed by atoms with Crippen molar-refractivity contribution in [1.82, 2.24) is 9.78 Å². The molecule has 0 amide bonds. The van der Waals surface area contributed by atoms with Gasteiger partial charge in [-0.05, 0) is 35.7 Å². The molecule has 0 aliphatic rings. The molecule has 2 aromatic rings. The lowest BCUT2D eigenvalue weighted by Gasteiger charge is -2.20. The lowest BCUT2D eigenvalue weighted by molar-refractivity contribution is 0.591. The minimum atomic E-state index is 0.793. The Hall–Kier alpha value is -1.49. The molecule has 0 saturated carbocycles. The van der Waals surface area contributed by atoms with E-state index in [1.54, 1.807) is 11.3 Å². The molecule has 0 aliphatic carbocycles. The Morgan fingerprint density at radius 1 is 1.50 bits per heavy atom. The van der Waals surface area contributed by atoms with Crippen LogP contribution in [-0.2, 0) is 13.1 Å². The Morgan fingerprint density at radius 3 is 2.89 bits per heavy atom. The summed E-state index contributed by atoms with van der Waals surface area (Å²) in [7, 11) is 2.07. The number of rotatable bonds is 5. The summed E-state index contributed by atoms with van der Waals surface area (Å²) in [6.07, 6.45) is 1.06. The van der Waals surface area contributed by atoms with Crippen molar-refractivity contribution in [3.8, 4) is 0 Å². The molecule has 2 heterocycles. The maximum absolute atomic E-state index is 6.14. The van der Waals surface area contributed by atoms with Crippen molar-refractivity contribution in [2.24, 2.45) is 0 Å². The highest BCUT2D eigenvalue weighted by atomic mass is 32.1. The van der Waals surface area contributed by atoms with Crippen molar-refractivity contribution >= 4 is 22.8 Å². The van der Waals surface area contributed by atoms with Gasteiger partial charge in [0, 0.05) is 20.1 Å². The third-order valence-electron chi connectivity index (χ3n) is 2.94. The molecule has 2 rings (SSSR count). The highest BCUT2D eigenvalue weighted by Gasteiger charge is 2.16. The maximum atomic E-state index is 6.14. The smallest absolute Gasteiger partial charge is 0.150 e. The number of hydrogen-bond acceptors (Lipinski definition) is 4. The van der Waals surface area contributed by atoms with Crippen molar-refractivity contribution < 1.29 is 0 Å². The molecule has 5 heteroatoms. The van der Waals surface area contributed by atoms with Gasteiger partial charge in [-0.3, -0.25) is 0 Å². The molecule has 0 aliphatic heterocycles. The predicted molar refractivity (Wildman–Crippen MR) is 78.1 cm³/mol. The van der Waals surface area contributed by atoms with E-state index in [9.17, 15) is 0 Å². The first-order valence-electron chi connectivity index (χ1n) is 6.18. The number of anilines is 2. The Bertz CT molecular complexity index is 501. The molecule has 0 spiro atoms. The molecule has 4 nitrogen and oxygen atoms in total. The van der Waals surface area contributed by atoms with Gasteiger partial charge in [-0.15, -0.1) is 0 Å². The van der Waals surface area contributed by atoms with Gasteiger partial charge in [-0.25, -0.2) is 4.68 Å². The third-order valence-corrected chi connectivity index (χ3v) is 3.67. The van der Waals surface area contributed by atoms with Crippen molar-refractivity contribution in [3.63, 3.8) is 0 Å². The fourth-order valence-corrected chi connectivity index (χ4v) is 2.74. The van der Waals surface area contributed by atoms with Crippen LogP contribution in [-0.4, -0.2) is 16.8 Å². The van der Waals surface area contributed by atoms with Crippen LogP contribution < -0.4 is 10.6 Å². The van der Waals surface area contributed by atoms with Crippen LogP contribution in [0.5, 0.6) is 0 Å². The lowest BCUT2D eigenvalue weighted by Crippen LogP contribution is -2.21.